The van der Waals surface area contributed by atoms with E-state index in [0.29, 0.717) is 31.1 Å². The first-order chi connectivity index (χ1) is 15.5. The number of likely N-dealkylation sites (tertiary alicyclic amines) is 2. The molecule has 1 N–H and O–H groups in total. The molecular weight excluding hydrogens is 402 g/mol. The Kier molecular flexibility index (Phi) is 7.25. The second-order valence-corrected chi connectivity index (χ2v) is 9.36. The summed E-state index contributed by atoms with van der Waals surface area (Å²) < 4.78 is 0. The van der Waals surface area contributed by atoms with Crippen molar-refractivity contribution in [3.05, 3.63) is 53.3 Å². The predicted molar refractivity (Wildman–Crippen MR) is 124 cm³/mol. The van der Waals surface area contributed by atoms with E-state index in [1.165, 1.54) is 12.8 Å². The molecule has 32 heavy (non-hydrogen) atoms. The number of carbonyl (C=O) groups excluding carboxylic acids is 2. The lowest BCUT2D eigenvalue weighted by atomic mass is 9.91. The number of aromatic amines is 1. The summed E-state index contributed by atoms with van der Waals surface area (Å²) in [5.41, 5.74) is 2.58. The van der Waals surface area contributed by atoms with Crippen molar-refractivity contribution in [3.63, 3.8) is 0 Å². The van der Waals surface area contributed by atoms with Gasteiger partial charge in [-0.3, -0.25) is 14.7 Å². The van der Waals surface area contributed by atoms with Crippen LogP contribution >= 0.6 is 0 Å². The Balaban J connectivity index is 1.40. The quantitative estimate of drug-likeness (QED) is 0.753. The summed E-state index contributed by atoms with van der Waals surface area (Å²) in [4.78, 5) is 32.3. The molecule has 1 aromatic heterocycles. The number of amides is 2. The van der Waals surface area contributed by atoms with E-state index in [2.05, 4.69) is 22.1 Å². The van der Waals surface area contributed by atoms with Crippen molar-refractivity contribution in [2.75, 3.05) is 33.7 Å². The first-order valence-corrected chi connectivity index (χ1v) is 11.8. The predicted octanol–water partition coefficient (Wildman–Crippen LogP) is 3.26. The summed E-state index contributed by atoms with van der Waals surface area (Å²) >= 11 is 0. The lowest BCUT2D eigenvalue weighted by molar-refractivity contribution is -0.134. The average Bonchev–Trinajstić information content (AvgIpc) is 3.31. The molecule has 2 amide bonds. The van der Waals surface area contributed by atoms with Gasteiger partial charge in [-0.15, -0.1) is 0 Å². The topological polar surface area (TPSA) is 72.5 Å². The number of nitrogens with one attached hydrogen (secondary N) is 1. The van der Waals surface area contributed by atoms with Crippen molar-refractivity contribution in [3.8, 4) is 0 Å². The van der Waals surface area contributed by atoms with Crippen LogP contribution < -0.4 is 0 Å². The molecular formula is C25H35N5O2. The fourth-order valence-electron chi connectivity index (χ4n) is 5.08. The highest BCUT2D eigenvalue weighted by Crippen LogP contribution is 2.29. The highest BCUT2D eigenvalue weighted by molar-refractivity contribution is 5.95. The smallest absolute Gasteiger partial charge is 0.257 e. The first-order valence-electron chi connectivity index (χ1n) is 11.8. The molecule has 2 fully saturated rings. The zero-order valence-corrected chi connectivity index (χ0v) is 19.3. The van der Waals surface area contributed by atoms with Crippen LogP contribution in [0.15, 0.2) is 36.5 Å². The zero-order chi connectivity index (χ0) is 22.5. The van der Waals surface area contributed by atoms with Crippen molar-refractivity contribution in [2.45, 2.75) is 57.0 Å². The Morgan fingerprint density at radius 3 is 2.72 bits per heavy atom. The van der Waals surface area contributed by atoms with E-state index >= 15 is 0 Å². The molecule has 4 rings (SSSR count). The van der Waals surface area contributed by atoms with Crippen LogP contribution in [0, 0.1) is 0 Å². The minimum Gasteiger partial charge on any atom is -0.342 e. The molecule has 0 bridgehead atoms. The van der Waals surface area contributed by atoms with E-state index < -0.39 is 0 Å². The normalized spacial score (nSPS) is 22.0. The number of piperidine rings is 2. The molecule has 0 aliphatic carbocycles. The second kappa shape index (κ2) is 10.3. The van der Waals surface area contributed by atoms with Crippen molar-refractivity contribution >= 4 is 11.8 Å². The van der Waals surface area contributed by atoms with Crippen LogP contribution in [0.3, 0.4) is 0 Å². The molecule has 0 radical (unpaired) electrons. The van der Waals surface area contributed by atoms with Crippen LogP contribution in [0.4, 0.5) is 0 Å². The van der Waals surface area contributed by atoms with E-state index in [1.807, 2.05) is 42.3 Å². The van der Waals surface area contributed by atoms with E-state index in [1.54, 1.807) is 11.1 Å². The maximum atomic E-state index is 13.2. The van der Waals surface area contributed by atoms with Crippen molar-refractivity contribution < 1.29 is 9.59 Å². The molecule has 1 aromatic carbocycles. The SMILES string of the molecule is CN(Cc1ccccc1)C(=O)c1cn[nH]c1[C@H]1CCCN(C(=O)C[C@H]2CCCCN2C)C1. The van der Waals surface area contributed by atoms with E-state index in [-0.39, 0.29) is 17.7 Å². The molecule has 0 saturated carbocycles. The van der Waals surface area contributed by atoms with Gasteiger partial charge in [0.15, 0.2) is 0 Å². The van der Waals surface area contributed by atoms with Crippen LogP contribution in [0.1, 0.15) is 66.1 Å². The van der Waals surface area contributed by atoms with Crippen LogP contribution in [0.25, 0.3) is 0 Å². The van der Waals surface area contributed by atoms with Gasteiger partial charge in [-0.2, -0.15) is 5.10 Å². The minimum absolute atomic E-state index is 0.0371. The molecule has 0 unspecified atom stereocenters. The zero-order valence-electron chi connectivity index (χ0n) is 19.3. The number of rotatable bonds is 6. The van der Waals surface area contributed by atoms with Gasteiger partial charge in [0.1, 0.15) is 0 Å². The summed E-state index contributed by atoms with van der Waals surface area (Å²) in [6.07, 6.45) is 7.67. The molecule has 7 heteroatoms. The van der Waals surface area contributed by atoms with Gasteiger partial charge in [-0.25, -0.2) is 0 Å². The van der Waals surface area contributed by atoms with Crippen LogP contribution in [0.5, 0.6) is 0 Å². The van der Waals surface area contributed by atoms with Gasteiger partial charge in [0.05, 0.1) is 17.5 Å². The number of hydrogen-bond acceptors (Lipinski definition) is 4. The lowest BCUT2D eigenvalue weighted by Crippen LogP contribution is -2.44. The number of H-pyrrole nitrogens is 1. The molecule has 2 aliphatic rings. The van der Waals surface area contributed by atoms with Gasteiger partial charge in [-0.05, 0) is 44.8 Å². The Hall–Kier alpha value is -2.67. The first kappa shape index (κ1) is 22.5. The van der Waals surface area contributed by atoms with E-state index in [0.717, 1.165) is 43.6 Å². The van der Waals surface area contributed by atoms with Crippen molar-refractivity contribution in [1.29, 1.82) is 0 Å². The number of nitrogens with zero attached hydrogens (tertiary/aromatic N) is 4. The number of aromatic nitrogens is 2. The van der Waals surface area contributed by atoms with Gasteiger partial charge in [0.25, 0.3) is 5.91 Å². The minimum atomic E-state index is -0.0371. The summed E-state index contributed by atoms with van der Waals surface area (Å²) in [5.74, 6) is 0.315. The highest BCUT2D eigenvalue weighted by Gasteiger charge is 2.31. The third-order valence-electron chi connectivity index (χ3n) is 7.02. The second-order valence-electron chi connectivity index (χ2n) is 9.36. The molecule has 2 aromatic rings. The van der Waals surface area contributed by atoms with Gasteiger partial charge >= 0.3 is 0 Å². The maximum Gasteiger partial charge on any atom is 0.257 e. The number of carbonyl (C=O) groups is 2. The Labute approximate surface area is 190 Å². The molecule has 0 spiro atoms. The van der Waals surface area contributed by atoms with Gasteiger partial charge in [0, 0.05) is 45.1 Å². The van der Waals surface area contributed by atoms with Crippen LogP contribution in [-0.2, 0) is 11.3 Å². The molecule has 2 atom stereocenters. The molecule has 3 heterocycles. The summed E-state index contributed by atoms with van der Waals surface area (Å²) in [5, 5.41) is 7.28. The van der Waals surface area contributed by atoms with Crippen molar-refractivity contribution in [1.82, 2.24) is 24.9 Å². The Morgan fingerprint density at radius 1 is 1.12 bits per heavy atom. The molecule has 2 saturated heterocycles. The highest BCUT2D eigenvalue weighted by atomic mass is 16.2. The summed E-state index contributed by atoms with van der Waals surface area (Å²) in [6, 6.07) is 10.3. The monoisotopic (exact) mass is 437 g/mol. The number of benzene rings is 1. The third kappa shape index (κ3) is 5.21. The van der Waals surface area contributed by atoms with Crippen molar-refractivity contribution in [2.24, 2.45) is 0 Å². The Bertz CT molecular complexity index is 912. The van der Waals surface area contributed by atoms with Gasteiger partial charge < -0.3 is 14.7 Å². The van der Waals surface area contributed by atoms with E-state index in [9.17, 15) is 9.59 Å². The molecule has 172 valence electrons. The largest absolute Gasteiger partial charge is 0.342 e. The fourth-order valence-corrected chi connectivity index (χ4v) is 5.08. The molecule has 2 aliphatic heterocycles. The molecule has 7 nitrogen and oxygen atoms in total. The van der Waals surface area contributed by atoms with Crippen LogP contribution in [-0.4, -0.2) is 76.5 Å². The third-order valence-corrected chi connectivity index (χ3v) is 7.02. The Morgan fingerprint density at radius 2 is 1.94 bits per heavy atom. The number of hydrogen-bond donors (Lipinski definition) is 1. The standard InChI is InChI=1S/C25H35N5O2/c1-28-13-7-6-12-21(28)15-23(31)30-14-8-11-20(18-30)24-22(16-26-27-24)25(32)29(2)17-19-9-4-3-5-10-19/h3-5,9-10,16,20-21H,6-8,11-15,17-18H2,1-2H3,(H,26,27)/t20-,21+/m0/s1. The van der Waals surface area contributed by atoms with Gasteiger partial charge in [-0.1, -0.05) is 36.8 Å². The van der Waals surface area contributed by atoms with Crippen LogP contribution in [0.2, 0.25) is 0 Å². The summed E-state index contributed by atoms with van der Waals surface area (Å²) in [7, 11) is 3.95. The van der Waals surface area contributed by atoms with Gasteiger partial charge in [0.2, 0.25) is 5.91 Å². The maximum absolute atomic E-state index is 13.2. The lowest BCUT2D eigenvalue weighted by Gasteiger charge is -2.36. The van der Waals surface area contributed by atoms with E-state index in [4.69, 9.17) is 0 Å². The average molecular weight is 438 g/mol. The summed E-state index contributed by atoms with van der Waals surface area (Å²) in [6.45, 7) is 3.09. The fraction of sp³-hybridized carbons (Fsp3) is 0.560.